The molecule has 2 amide bonds. The lowest BCUT2D eigenvalue weighted by Crippen LogP contribution is -2.45. The number of carbonyl (C=O) groups excluding carboxylic acids is 2. The molecular formula is C13H17N3O3. The fourth-order valence-corrected chi connectivity index (χ4v) is 2.19. The molecule has 0 radical (unpaired) electrons. The summed E-state index contributed by atoms with van der Waals surface area (Å²) in [5.74, 6) is -0.165. The van der Waals surface area contributed by atoms with Gasteiger partial charge in [-0.1, -0.05) is 6.07 Å². The molecule has 1 atom stereocenters. The Morgan fingerprint density at radius 3 is 2.89 bits per heavy atom. The SMILES string of the molecule is NC(=O)C1CCCN1C(=O)COc1cccc(N)c1. The fraction of sp³-hybridized carbons (Fsp3) is 0.385. The van der Waals surface area contributed by atoms with E-state index in [1.165, 1.54) is 4.90 Å². The number of hydrogen-bond donors (Lipinski definition) is 2. The van der Waals surface area contributed by atoms with Crippen LogP contribution in [-0.4, -0.2) is 35.9 Å². The number of anilines is 1. The van der Waals surface area contributed by atoms with Crippen molar-refractivity contribution < 1.29 is 14.3 Å². The van der Waals surface area contributed by atoms with Gasteiger partial charge in [-0.2, -0.15) is 0 Å². The van der Waals surface area contributed by atoms with Crippen LogP contribution in [0.15, 0.2) is 24.3 Å². The minimum Gasteiger partial charge on any atom is -0.484 e. The van der Waals surface area contributed by atoms with Gasteiger partial charge in [0, 0.05) is 18.3 Å². The standard InChI is InChI=1S/C13H17N3O3/c14-9-3-1-4-10(7-9)19-8-12(17)16-6-2-5-11(16)13(15)18/h1,3-4,7,11H,2,5-6,8,14H2,(H2,15,18). The number of nitrogens with two attached hydrogens (primary N) is 2. The number of hydrogen-bond acceptors (Lipinski definition) is 4. The van der Waals surface area contributed by atoms with Gasteiger partial charge in [0.05, 0.1) is 0 Å². The zero-order valence-electron chi connectivity index (χ0n) is 10.5. The molecule has 2 rings (SSSR count). The maximum atomic E-state index is 12.0. The maximum Gasteiger partial charge on any atom is 0.261 e. The summed E-state index contributed by atoms with van der Waals surface area (Å²) < 4.78 is 5.37. The van der Waals surface area contributed by atoms with Gasteiger partial charge in [0.1, 0.15) is 11.8 Å². The summed E-state index contributed by atoms with van der Waals surface area (Å²) in [6, 6.07) is 6.34. The minimum absolute atomic E-state index is 0.118. The number of nitrogen functional groups attached to an aromatic ring is 1. The quantitative estimate of drug-likeness (QED) is 0.754. The number of nitrogens with zero attached hydrogens (tertiary/aromatic N) is 1. The summed E-state index contributed by atoms with van der Waals surface area (Å²) in [7, 11) is 0. The van der Waals surface area contributed by atoms with Gasteiger partial charge in [-0.25, -0.2) is 0 Å². The van der Waals surface area contributed by atoms with E-state index in [2.05, 4.69) is 0 Å². The van der Waals surface area contributed by atoms with Crippen molar-refractivity contribution in [1.82, 2.24) is 4.90 Å². The summed E-state index contributed by atoms with van der Waals surface area (Å²) >= 11 is 0. The summed E-state index contributed by atoms with van der Waals surface area (Å²) in [4.78, 5) is 24.7. The lowest BCUT2D eigenvalue weighted by atomic mass is 10.2. The smallest absolute Gasteiger partial charge is 0.261 e. The molecule has 102 valence electrons. The highest BCUT2D eigenvalue weighted by Gasteiger charge is 2.32. The minimum atomic E-state index is -0.503. The Morgan fingerprint density at radius 2 is 2.21 bits per heavy atom. The van der Waals surface area contributed by atoms with Crippen molar-refractivity contribution in [3.8, 4) is 5.75 Å². The third kappa shape index (κ3) is 3.15. The van der Waals surface area contributed by atoms with E-state index in [0.717, 1.165) is 6.42 Å². The van der Waals surface area contributed by atoms with Crippen LogP contribution >= 0.6 is 0 Å². The van der Waals surface area contributed by atoms with Crippen molar-refractivity contribution >= 4 is 17.5 Å². The number of ether oxygens (including phenoxy) is 1. The highest BCUT2D eigenvalue weighted by molar-refractivity contribution is 5.87. The second kappa shape index (κ2) is 5.60. The molecule has 6 heteroatoms. The van der Waals surface area contributed by atoms with Crippen LogP contribution in [0.25, 0.3) is 0 Å². The Balaban J connectivity index is 1.92. The lowest BCUT2D eigenvalue weighted by Gasteiger charge is -2.22. The van der Waals surface area contributed by atoms with Gasteiger partial charge in [0.15, 0.2) is 6.61 Å². The van der Waals surface area contributed by atoms with E-state index in [4.69, 9.17) is 16.2 Å². The van der Waals surface area contributed by atoms with Gasteiger partial charge in [-0.3, -0.25) is 9.59 Å². The van der Waals surface area contributed by atoms with Crippen molar-refractivity contribution in [3.05, 3.63) is 24.3 Å². The zero-order chi connectivity index (χ0) is 13.8. The van der Waals surface area contributed by atoms with E-state index in [1.807, 2.05) is 0 Å². The number of carbonyl (C=O) groups is 2. The summed E-state index contributed by atoms with van der Waals surface area (Å²) in [5, 5.41) is 0. The van der Waals surface area contributed by atoms with Crippen LogP contribution < -0.4 is 16.2 Å². The Kier molecular flexibility index (Phi) is 3.89. The molecule has 0 aromatic heterocycles. The van der Waals surface area contributed by atoms with Crippen molar-refractivity contribution in [3.63, 3.8) is 0 Å². The van der Waals surface area contributed by atoms with Crippen LogP contribution in [0.4, 0.5) is 5.69 Å². The first kappa shape index (κ1) is 13.2. The predicted octanol–water partition coefficient (Wildman–Crippen LogP) is 0.124. The molecule has 1 unspecified atom stereocenters. The number of rotatable bonds is 4. The van der Waals surface area contributed by atoms with Crippen molar-refractivity contribution in [1.29, 1.82) is 0 Å². The van der Waals surface area contributed by atoms with E-state index in [-0.39, 0.29) is 12.5 Å². The average molecular weight is 263 g/mol. The largest absolute Gasteiger partial charge is 0.484 e. The zero-order valence-corrected chi connectivity index (χ0v) is 10.5. The van der Waals surface area contributed by atoms with Crippen LogP contribution in [0.1, 0.15) is 12.8 Å². The molecule has 1 aliphatic heterocycles. The van der Waals surface area contributed by atoms with Gasteiger partial charge in [0.25, 0.3) is 5.91 Å². The first-order valence-corrected chi connectivity index (χ1v) is 6.15. The molecule has 1 fully saturated rings. The van der Waals surface area contributed by atoms with E-state index in [1.54, 1.807) is 24.3 Å². The normalized spacial score (nSPS) is 18.3. The molecule has 1 aliphatic rings. The third-order valence-corrected chi connectivity index (χ3v) is 3.12. The molecule has 1 aromatic carbocycles. The number of benzene rings is 1. The molecule has 1 saturated heterocycles. The monoisotopic (exact) mass is 263 g/mol. The number of likely N-dealkylation sites (tertiary alicyclic amines) is 1. The summed E-state index contributed by atoms with van der Waals surface area (Å²) in [6.07, 6.45) is 1.41. The van der Waals surface area contributed by atoms with E-state index in [9.17, 15) is 9.59 Å². The molecule has 4 N–H and O–H groups in total. The molecular weight excluding hydrogens is 246 g/mol. The molecule has 0 saturated carbocycles. The third-order valence-electron chi connectivity index (χ3n) is 3.12. The average Bonchev–Trinajstić information content (AvgIpc) is 2.85. The Bertz CT molecular complexity index is 490. The molecule has 19 heavy (non-hydrogen) atoms. The van der Waals surface area contributed by atoms with Gasteiger partial charge in [-0.05, 0) is 25.0 Å². The second-order valence-electron chi connectivity index (χ2n) is 4.51. The van der Waals surface area contributed by atoms with E-state index in [0.29, 0.717) is 24.4 Å². The van der Waals surface area contributed by atoms with Crippen LogP contribution in [-0.2, 0) is 9.59 Å². The van der Waals surface area contributed by atoms with Crippen molar-refractivity contribution in [2.45, 2.75) is 18.9 Å². The van der Waals surface area contributed by atoms with Gasteiger partial charge in [0.2, 0.25) is 5.91 Å². The summed E-state index contributed by atoms with van der Waals surface area (Å²) in [6.45, 7) is 0.431. The summed E-state index contributed by atoms with van der Waals surface area (Å²) in [5.41, 5.74) is 11.4. The Morgan fingerprint density at radius 1 is 1.42 bits per heavy atom. The highest BCUT2D eigenvalue weighted by atomic mass is 16.5. The first-order chi connectivity index (χ1) is 9.08. The number of amides is 2. The second-order valence-corrected chi connectivity index (χ2v) is 4.51. The Hall–Kier alpha value is -2.24. The number of primary amides is 1. The Labute approximate surface area is 111 Å². The van der Waals surface area contributed by atoms with Gasteiger partial charge in [-0.15, -0.1) is 0 Å². The van der Waals surface area contributed by atoms with E-state index >= 15 is 0 Å². The lowest BCUT2D eigenvalue weighted by molar-refractivity contribution is -0.138. The van der Waals surface area contributed by atoms with Gasteiger partial charge >= 0.3 is 0 Å². The van der Waals surface area contributed by atoms with Crippen LogP contribution in [0.5, 0.6) is 5.75 Å². The molecule has 0 bridgehead atoms. The van der Waals surface area contributed by atoms with Crippen LogP contribution in [0.3, 0.4) is 0 Å². The molecule has 1 aromatic rings. The maximum absolute atomic E-state index is 12.0. The highest BCUT2D eigenvalue weighted by Crippen LogP contribution is 2.18. The van der Waals surface area contributed by atoms with Gasteiger partial charge < -0.3 is 21.1 Å². The first-order valence-electron chi connectivity index (χ1n) is 6.15. The molecule has 0 aliphatic carbocycles. The molecule has 1 heterocycles. The van der Waals surface area contributed by atoms with E-state index < -0.39 is 11.9 Å². The molecule has 0 spiro atoms. The van der Waals surface area contributed by atoms with Crippen LogP contribution in [0.2, 0.25) is 0 Å². The van der Waals surface area contributed by atoms with Crippen molar-refractivity contribution in [2.24, 2.45) is 5.73 Å². The molecule has 6 nitrogen and oxygen atoms in total. The fourth-order valence-electron chi connectivity index (χ4n) is 2.19. The van der Waals surface area contributed by atoms with Crippen molar-refractivity contribution in [2.75, 3.05) is 18.9 Å². The topological polar surface area (TPSA) is 98.7 Å². The predicted molar refractivity (Wildman–Crippen MR) is 70.3 cm³/mol. The van der Waals surface area contributed by atoms with Crippen LogP contribution in [0, 0.1) is 0 Å².